The first-order chi connectivity index (χ1) is 4.36. The quantitative estimate of drug-likeness (QED) is 0.500. The van der Waals surface area contributed by atoms with E-state index in [0.717, 1.165) is 0 Å². The lowest BCUT2D eigenvalue weighted by molar-refractivity contribution is 1.00. The van der Waals surface area contributed by atoms with E-state index in [1.165, 1.54) is 12.1 Å². The molecule has 0 unspecified atom stereocenters. The Morgan fingerprint density at radius 3 is 1.40 bits per heavy atom. The SMILES string of the molecule is [B]N1[Si](C)(C)CC[Si]1(C)C. The van der Waals surface area contributed by atoms with Gasteiger partial charge in [-0.05, 0) is 12.1 Å². The van der Waals surface area contributed by atoms with E-state index in [4.69, 9.17) is 7.98 Å². The van der Waals surface area contributed by atoms with Gasteiger partial charge in [-0.15, -0.1) is 0 Å². The highest BCUT2D eigenvalue weighted by Gasteiger charge is 2.43. The minimum atomic E-state index is -1.11. The molecule has 0 bridgehead atoms. The number of nitrogens with zero attached hydrogens (tertiary/aromatic N) is 1. The summed E-state index contributed by atoms with van der Waals surface area (Å²) >= 11 is 0. The van der Waals surface area contributed by atoms with Gasteiger partial charge in [-0.1, -0.05) is 26.2 Å². The molecule has 0 aromatic carbocycles. The fourth-order valence-electron chi connectivity index (χ4n) is 1.67. The number of hydrogen-bond donors (Lipinski definition) is 0. The summed E-state index contributed by atoms with van der Waals surface area (Å²) in [6, 6.07) is 2.81. The van der Waals surface area contributed by atoms with Gasteiger partial charge in [-0.25, -0.2) is 0 Å². The van der Waals surface area contributed by atoms with Crippen molar-refractivity contribution in [1.82, 2.24) is 4.14 Å². The molecule has 0 N–H and O–H groups in total. The van der Waals surface area contributed by atoms with E-state index in [9.17, 15) is 0 Å². The van der Waals surface area contributed by atoms with Crippen molar-refractivity contribution in [3.05, 3.63) is 0 Å². The maximum absolute atomic E-state index is 6.05. The van der Waals surface area contributed by atoms with Crippen LogP contribution in [0.3, 0.4) is 0 Å². The van der Waals surface area contributed by atoms with Gasteiger partial charge in [0.1, 0.15) is 16.5 Å². The highest BCUT2D eigenvalue weighted by Crippen LogP contribution is 2.34. The third kappa shape index (κ3) is 1.24. The molecular weight excluding hydrogens is 153 g/mol. The molecule has 56 valence electrons. The number of rotatable bonds is 0. The maximum atomic E-state index is 6.05. The molecule has 1 aliphatic heterocycles. The van der Waals surface area contributed by atoms with Crippen LogP contribution >= 0.6 is 0 Å². The van der Waals surface area contributed by atoms with E-state index in [1.807, 2.05) is 0 Å². The van der Waals surface area contributed by atoms with Crippen molar-refractivity contribution >= 4 is 24.5 Å². The van der Waals surface area contributed by atoms with Gasteiger partial charge < -0.3 is 4.14 Å². The van der Waals surface area contributed by atoms with Crippen LogP contribution in [-0.2, 0) is 0 Å². The largest absolute Gasteiger partial charge is 0.398 e. The Labute approximate surface area is 67.4 Å². The van der Waals surface area contributed by atoms with Gasteiger partial charge in [-0.2, -0.15) is 0 Å². The van der Waals surface area contributed by atoms with Gasteiger partial charge in [0, 0.05) is 0 Å². The smallest absolute Gasteiger partial charge is 0.164 e. The standard InChI is InChI=1S/C6H16BNSi2/c1-9(2)5-6-10(3,4)8(9)7/h5-6H2,1-4H3. The normalized spacial score (nSPS) is 30.8. The van der Waals surface area contributed by atoms with Gasteiger partial charge >= 0.3 is 0 Å². The summed E-state index contributed by atoms with van der Waals surface area (Å²) < 4.78 is 2.26. The molecule has 1 heterocycles. The van der Waals surface area contributed by atoms with Crippen molar-refractivity contribution in [3.8, 4) is 0 Å². The Kier molecular flexibility index (Phi) is 1.90. The molecule has 0 aliphatic carbocycles. The summed E-state index contributed by atoms with van der Waals surface area (Å²) in [5.41, 5.74) is 0. The van der Waals surface area contributed by atoms with Crippen LogP contribution in [-0.4, -0.2) is 28.6 Å². The molecule has 1 fully saturated rings. The zero-order valence-electron chi connectivity index (χ0n) is 7.44. The van der Waals surface area contributed by atoms with Crippen LogP contribution in [0.1, 0.15) is 0 Å². The van der Waals surface area contributed by atoms with Crippen molar-refractivity contribution in [2.24, 2.45) is 0 Å². The van der Waals surface area contributed by atoms with Crippen molar-refractivity contribution < 1.29 is 0 Å². The summed E-state index contributed by atoms with van der Waals surface area (Å²) in [6.07, 6.45) is 0. The topological polar surface area (TPSA) is 3.24 Å². The van der Waals surface area contributed by atoms with Gasteiger partial charge in [0.25, 0.3) is 0 Å². The van der Waals surface area contributed by atoms with Crippen molar-refractivity contribution in [3.63, 3.8) is 0 Å². The molecule has 1 nitrogen and oxygen atoms in total. The lowest BCUT2D eigenvalue weighted by atomic mass is 10.5. The first kappa shape index (κ1) is 8.55. The zero-order valence-corrected chi connectivity index (χ0v) is 9.44. The van der Waals surface area contributed by atoms with Crippen LogP contribution in [0, 0.1) is 0 Å². The molecule has 0 amide bonds. The van der Waals surface area contributed by atoms with Crippen LogP contribution in [0.4, 0.5) is 0 Å². The molecule has 0 spiro atoms. The molecule has 1 saturated heterocycles. The summed E-state index contributed by atoms with van der Waals surface area (Å²) in [6.45, 7) is 9.48. The third-order valence-corrected chi connectivity index (χ3v) is 12.3. The number of hydrogen-bond acceptors (Lipinski definition) is 1. The minimum Gasteiger partial charge on any atom is -0.398 e. The van der Waals surface area contributed by atoms with E-state index in [0.29, 0.717) is 0 Å². The van der Waals surface area contributed by atoms with Crippen molar-refractivity contribution in [2.45, 2.75) is 38.3 Å². The van der Waals surface area contributed by atoms with Crippen molar-refractivity contribution in [2.75, 3.05) is 0 Å². The Balaban J connectivity index is 2.77. The molecule has 0 aromatic rings. The summed E-state index contributed by atoms with van der Waals surface area (Å²) in [4.78, 5) is 0. The first-order valence-electron chi connectivity index (χ1n) is 3.91. The van der Waals surface area contributed by atoms with E-state index in [-0.39, 0.29) is 0 Å². The Morgan fingerprint density at radius 2 is 1.30 bits per heavy atom. The fraction of sp³-hybridized carbons (Fsp3) is 1.00. The van der Waals surface area contributed by atoms with Gasteiger partial charge in [0.2, 0.25) is 0 Å². The fourth-order valence-corrected chi connectivity index (χ4v) is 14.3. The second-order valence-electron chi connectivity index (χ2n) is 4.49. The van der Waals surface area contributed by atoms with E-state index in [2.05, 4.69) is 30.3 Å². The molecule has 0 aromatic heterocycles. The van der Waals surface area contributed by atoms with Gasteiger partial charge in [0.05, 0.1) is 0 Å². The average Bonchev–Trinajstić information content (AvgIpc) is 1.95. The lowest BCUT2D eigenvalue weighted by Crippen LogP contribution is -2.52. The summed E-state index contributed by atoms with van der Waals surface area (Å²) in [5, 5.41) is 0. The monoisotopic (exact) mass is 169 g/mol. The van der Waals surface area contributed by atoms with Crippen LogP contribution in [0.5, 0.6) is 0 Å². The second kappa shape index (κ2) is 2.22. The van der Waals surface area contributed by atoms with Crippen LogP contribution in [0.15, 0.2) is 0 Å². The summed E-state index contributed by atoms with van der Waals surface area (Å²) in [7, 11) is 3.83. The predicted octanol–water partition coefficient (Wildman–Crippen LogP) is 1.80. The Hall–Kier alpha value is 0.459. The van der Waals surface area contributed by atoms with Gasteiger partial charge in [-0.3, -0.25) is 0 Å². The molecular formula is C6H16BNSi2. The van der Waals surface area contributed by atoms with Crippen LogP contribution in [0.25, 0.3) is 0 Å². The van der Waals surface area contributed by atoms with Crippen LogP contribution in [0.2, 0.25) is 38.3 Å². The van der Waals surface area contributed by atoms with Gasteiger partial charge in [0.15, 0.2) is 7.98 Å². The lowest BCUT2D eigenvalue weighted by Gasteiger charge is -2.35. The van der Waals surface area contributed by atoms with E-state index in [1.54, 1.807) is 0 Å². The molecule has 0 atom stereocenters. The maximum Gasteiger partial charge on any atom is 0.164 e. The highest BCUT2D eigenvalue weighted by molar-refractivity contribution is 6.99. The average molecular weight is 169 g/mol. The zero-order chi connectivity index (χ0) is 7.99. The molecule has 1 aliphatic rings. The molecule has 1 rings (SSSR count). The Bertz CT molecular complexity index is 131. The predicted molar refractivity (Wildman–Crippen MR) is 52.2 cm³/mol. The highest BCUT2D eigenvalue weighted by atomic mass is 28.4. The molecule has 10 heavy (non-hydrogen) atoms. The van der Waals surface area contributed by atoms with Crippen molar-refractivity contribution in [1.29, 1.82) is 0 Å². The molecule has 2 radical (unpaired) electrons. The Morgan fingerprint density at radius 1 is 1.00 bits per heavy atom. The van der Waals surface area contributed by atoms with Crippen LogP contribution < -0.4 is 0 Å². The van der Waals surface area contributed by atoms with E-state index >= 15 is 0 Å². The molecule has 0 saturated carbocycles. The third-order valence-electron chi connectivity index (χ3n) is 2.65. The summed E-state index contributed by atoms with van der Waals surface area (Å²) in [5.74, 6) is 0. The van der Waals surface area contributed by atoms with E-state index < -0.39 is 16.5 Å². The minimum absolute atomic E-state index is 1.11. The second-order valence-corrected chi connectivity index (χ2v) is 14.2. The first-order valence-corrected chi connectivity index (χ1v) is 10.2. The molecule has 4 heteroatoms.